The number of anilines is 1. The van der Waals surface area contributed by atoms with E-state index in [0.29, 0.717) is 28.6 Å². The highest BCUT2D eigenvalue weighted by Crippen LogP contribution is 2.53. The Morgan fingerprint density at radius 3 is 2.55 bits per heavy atom. The summed E-state index contributed by atoms with van der Waals surface area (Å²) in [5.74, 6) is 1.85. The number of hydrogen-bond acceptors (Lipinski definition) is 3. The minimum atomic E-state index is -0.225. The van der Waals surface area contributed by atoms with Crippen LogP contribution in [0.2, 0.25) is 5.02 Å². The molecule has 2 fully saturated rings. The smallest absolute Gasteiger partial charge is 0.228 e. The normalized spacial score (nSPS) is 25.9. The molecule has 1 N–H and O–H groups in total. The molecular weight excluding hydrogens is 389 g/mol. The van der Waals surface area contributed by atoms with Crippen LogP contribution >= 0.6 is 11.6 Å². The summed E-state index contributed by atoms with van der Waals surface area (Å²) >= 11 is 5.85. The van der Waals surface area contributed by atoms with Crippen LogP contribution in [0.25, 0.3) is 10.9 Å². The number of benzene rings is 1. The highest BCUT2D eigenvalue weighted by Gasteiger charge is 2.44. The molecule has 0 aliphatic heterocycles. The fraction of sp³-hybridized carbons (Fsp3) is 0.348. The monoisotopic (exact) mass is 409 g/mol. The molecular formula is C23H21ClFN3O. The van der Waals surface area contributed by atoms with Crippen LogP contribution in [0.3, 0.4) is 0 Å². The van der Waals surface area contributed by atoms with Crippen molar-refractivity contribution in [3.8, 4) is 0 Å². The molecule has 3 aromatic rings. The maximum Gasteiger partial charge on any atom is 0.228 e. The van der Waals surface area contributed by atoms with E-state index in [0.717, 1.165) is 36.6 Å². The van der Waals surface area contributed by atoms with Crippen molar-refractivity contribution >= 4 is 34.2 Å². The van der Waals surface area contributed by atoms with Gasteiger partial charge in [0, 0.05) is 23.7 Å². The molecule has 2 aromatic heterocycles. The first-order chi connectivity index (χ1) is 14.1. The number of nitrogens with zero attached hydrogens (tertiary/aromatic N) is 2. The van der Waals surface area contributed by atoms with Crippen molar-refractivity contribution in [3.05, 3.63) is 65.2 Å². The summed E-state index contributed by atoms with van der Waals surface area (Å²) < 4.78 is 13.8. The van der Waals surface area contributed by atoms with Crippen LogP contribution in [0.15, 0.2) is 48.8 Å². The molecule has 1 aromatic carbocycles. The SMILES string of the molecule is O=C(Nc1ccc(Cl)cn1)[C@@H]1C[C@@H]2C[C@H](c3ccnc4ccc(F)cc34)C[C@@H]2C1. The van der Waals surface area contributed by atoms with E-state index in [9.17, 15) is 9.18 Å². The van der Waals surface area contributed by atoms with Gasteiger partial charge in [0.25, 0.3) is 0 Å². The van der Waals surface area contributed by atoms with Crippen molar-refractivity contribution in [2.75, 3.05) is 5.32 Å². The zero-order chi connectivity index (χ0) is 20.0. The number of amides is 1. The number of aromatic nitrogens is 2. The average molecular weight is 410 g/mol. The third kappa shape index (κ3) is 3.60. The highest BCUT2D eigenvalue weighted by atomic mass is 35.5. The predicted molar refractivity (Wildman–Crippen MR) is 111 cm³/mol. The van der Waals surface area contributed by atoms with Crippen molar-refractivity contribution in [1.82, 2.24) is 9.97 Å². The number of carbonyl (C=O) groups is 1. The van der Waals surface area contributed by atoms with Gasteiger partial charge in [-0.05, 0) is 85.4 Å². The fourth-order valence-corrected chi connectivity index (χ4v) is 5.37. The van der Waals surface area contributed by atoms with Crippen molar-refractivity contribution in [2.45, 2.75) is 31.6 Å². The van der Waals surface area contributed by atoms with E-state index in [4.69, 9.17) is 11.6 Å². The van der Waals surface area contributed by atoms with Gasteiger partial charge in [-0.2, -0.15) is 0 Å². The standard InChI is InChI=1S/C23H21ClFN3O/c24-17-1-4-22(27-12-17)28-23(29)16-9-13-7-15(8-14(13)10-16)19-5-6-26-21-3-2-18(25)11-20(19)21/h1-6,11-16H,7-10H2,(H,27,28,29)/t13-,14+,15-,16+. The summed E-state index contributed by atoms with van der Waals surface area (Å²) in [5.41, 5.74) is 2.03. The Morgan fingerprint density at radius 2 is 1.83 bits per heavy atom. The lowest BCUT2D eigenvalue weighted by Gasteiger charge is -2.16. The van der Waals surface area contributed by atoms with Gasteiger partial charge in [-0.25, -0.2) is 9.37 Å². The maximum atomic E-state index is 13.8. The summed E-state index contributed by atoms with van der Waals surface area (Å²) in [6, 6.07) is 10.3. The maximum absolute atomic E-state index is 13.8. The van der Waals surface area contributed by atoms with E-state index in [-0.39, 0.29) is 17.6 Å². The lowest BCUT2D eigenvalue weighted by Crippen LogP contribution is -2.22. The summed E-state index contributed by atoms with van der Waals surface area (Å²) in [5, 5.41) is 4.38. The van der Waals surface area contributed by atoms with E-state index in [1.165, 1.54) is 17.8 Å². The Hall–Kier alpha value is -2.53. The molecule has 0 radical (unpaired) electrons. The summed E-state index contributed by atoms with van der Waals surface area (Å²) in [6.45, 7) is 0. The predicted octanol–water partition coefficient (Wildman–Crippen LogP) is 5.58. The topological polar surface area (TPSA) is 54.9 Å². The van der Waals surface area contributed by atoms with Gasteiger partial charge in [0.05, 0.1) is 10.5 Å². The van der Waals surface area contributed by atoms with E-state index in [1.807, 2.05) is 12.3 Å². The molecule has 4 nitrogen and oxygen atoms in total. The molecule has 2 aliphatic carbocycles. The summed E-state index contributed by atoms with van der Waals surface area (Å²) in [7, 11) is 0. The van der Waals surface area contributed by atoms with Gasteiger partial charge in [-0.1, -0.05) is 11.6 Å². The molecule has 2 saturated carbocycles. The Bertz CT molecular complexity index is 1060. The third-order valence-electron chi connectivity index (χ3n) is 6.54. The first-order valence-electron chi connectivity index (χ1n) is 10.0. The summed E-state index contributed by atoms with van der Waals surface area (Å²) in [4.78, 5) is 21.2. The molecule has 0 bridgehead atoms. The van der Waals surface area contributed by atoms with Crippen molar-refractivity contribution in [1.29, 1.82) is 0 Å². The van der Waals surface area contributed by atoms with Gasteiger partial charge >= 0.3 is 0 Å². The van der Waals surface area contributed by atoms with Crippen LogP contribution in [0.4, 0.5) is 10.2 Å². The Kier molecular flexibility index (Phi) is 4.70. The lowest BCUT2D eigenvalue weighted by atomic mass is 9.90. The quantitative estimate of drug-likeness (QED) is 0.614. The van der Waals surface area contributed by atoms with Crippen molar-refractivity contribution in [2.24, 2.45) is 17.8 Å². The lowest BCUT2D eigenvalue weighted by molar-refractivity contribution is -0.119. The van der Waals surface area contributed by atoms with E-state index >= 15 is 0 Å². The van der Waals surface area contributed by atoms with E-state index in [1.54, 1.807) is 24.3 Å². The first-order valence-corrected chi connectivity index (χ1v) is 10.4. The van der Waals surface area contributed by atoms with Crippen LogP contribution < -0.4 is 5.32 Å². The van der Waals surface area contributed by atoms with Crippen LogP contribution in [-0.4, -0.2) is 15.9 Å². The van der Waals surface area contributed by atoms with Crippen LogP contribution in [0, 0.1) is 23.6 Å². The zero-order valence-corrected chi connectivity index (χ0v) is 16.6. The second kappa shape index (κ2) is 7.38. The molecule has 0 saturated heterocycles. The third-order valence-corrected chi connectivity index (χ3v) is 6.77. The number of hydrogen-bond donors (Lipinski definition) is 1. The fourth-order valence-electron chi connectivity index (χ4n) is 5.26. The number of nitrogens with one attached hydrogen (secondary N) is 1. The first kappa shape index (κ1) is 18.5. The minimum absolute atomic E-state index is 0.0232. The molecule has 5 rings (SSSR count). The molecule has 2 heterocycles. The van der Waals surface area contributed by atoms with Crippen LogP contribution in [-0.2, 0) is 4.79 Å². The Labute approximate surface area is 173 Å². The molecule has 6 heteroatoms. The molecule has 148 valence electrons. The second-order valence-corrected chi connectivity index (χ2v) is 8.71. The van der Waals surface area contributed by atoms with E-state index < -0.39 is 0 Å². The summed E-state index contributed by atoms with van der Waals surface area (Å²) in [6.07, 6.45) is 7.24. The molecule has 29 heavy (non-hydrogen) atoms. The van der Waals surface area contributed by atoms with E-state index in [2.05, 4.69) is 15.3 Å². The van der Waals surface area contributed by atoms with Gasteiger partial charge in [-0.3, -0.25) is 9.78 Å². The van der Waals surface area contributed by atoms with Crippen LogP contribution in [0.5, 0.6) is 0 Å². The largest absolute Gasteiger partial charge is 0.310 e. The molecule has 4 atom stereocenters. The number of carbonyl (C=O) groups excluding carboxylic acids is 1. The van der Waals surface area contributed by atoms with Gasteiger partial charge in [0.15, 0.2) is 0 Å². The number of rotatable bonds is 3. The zero-order valence-electron chi connectivity index (χ0n) is 15.8. The molecule has 2 aliphatic rings. The Balaban J connectivity index is 1.27. The molecule has 1 amide bonds. The van der Waals surface area contributed by atoms with Gasteiger partial charge < -0.3 is 5.32 Å². The van der Waals surface area contributed by atoms with Gasteiger partial charge in [0.1, 0.15) is 11.6 Å². The molecule has 0 unspecified atom stereocenters. The Morgan fingerprint density at radius 1 is 1.03 bits per heavy atom. The number of fused-ring (bicyclic) bond motifs is 2. The molecule has 0 spiro atoms. The van der Waals surface area contributed by atoms with Crippen molar-refractivity contribution < 1.29 is 9.18 Å². The average Bonchev–Trinajstić information content (AvgIpc) is 3.28. The minimum Gasteiger partial charge on any atom is -0.310 e. The number of pyridine rings is 2. The highest BCUT2D eigenvalue weighted by molar-refractivity contribution is 6.30. The van der Waals surface area contributed by atoms with Gasteiger partial charge in [-0.15, -0.1) is 0 Å². The number of halogens is 2. The van der Waals surface area contributed by atoms with Crippen LogP contribution in [0.1, 0.15) is 37.2 Å². The second-order valence-electron chi connectivity index (χ2n) is 8.27. The van der Waals surface area contributed by atoms with Crippen molar-refractivity contribution in [3.63, 3.8) is 0 Å². The van der Waals surface area contributed by atoms with Gasteiger partial charge in [0.2, 0.25) is 5.91 Å².